The average molecular weight is 227 g/mol. The van der Waals surface area contributed by atoms with Crippen molar-refractivity contribution in [3.8, 4) is 5.75 Å². The highest BCUT2D eigenvalue weighted by molar-refractivity contribution is 5.97. The van der Waals surface area contributed by atoms with E-state index in [2.05, 4.69) is 10.3 Å². The predicted octanol–water partition coefficient (Wildman–Crippen LogP) is 2.73. The van der Waals surface area contributed by atoms with Gasteiger partial charge in [-0.1, -0.05) is 6.07 Å². The maximum absolute atomic E-state index is 9.49. The summed E-state index contributed by atoms with van der Waals surface area (Å²) in [5.74, 6) is 1.35. The SMILES string of the molecule is Cc1c(O)cccc1NC1=NCCC1.Cl. The summed E-state index contributed by atoms with van der Waals surface area (Å²) in [6, 6.07) is 5.48. The molecule has 2 N–H and O–H groups in total. The minimum Gasteiger partial charge on any atom is -0.508 e. The molecule has 0 amide bonds. The Kier molecular flexibility index (Phi) is 3.97. The first-order chi connectivity index (χ1) is 6.77. The normalized spacial score (nSPS) is 14.3. The molecule has 1 aromatic carbocycles. The molecular weight excluding hydrogens is 212 g/mol. The maximum Gasteiger partial charge on any atom is 0.120 e. The lowest BCUT2D eigenvalue weighted by Gasteiger charge is -2.09. The summed E-state index contributed by atoms with van der Waals surface area (Å²) in [7, 11) is 0. The second-order valence-corrected chi connectivity index (χ2v) is 3.51. The van der Waals surface area contributed by atoms with E-state index in [4.69, 9.17) is 0 Å². The molecule has 0 aliphatic carbocycles. The van der Waals surface area contributed by atoms with Crippen molar-refractivity contribution in [1.29, 1.82) is 0 Å². The Hall–Kier alpha value is -1.22. The molecule has 1 aliphatic heterocycles. The molecule has 1 aliphatic rings. The van der Waals surface area contributed by atoms with Crippen molar-refractivity contribution in [2.45, 2.75) is 19.8 Å². The molecule has 0 aromatic heterocycles. The van der Waals surface area contributed by atoms with Crippen LogP contribution in [0.15, 0.2) is 23.2 Å². The smallest absolute Gasteiger partial charge is 0.120 e. The van der Waals surface area contributed by atoms with Crippen LogP contribution in [0.5, 0.6) is 5.75 Å². The van der Waals surface area contributed by atoms with Crippen molar-refractivity contribution in [3.05, 3.63) is 23.8 Å². The molecule has 15 heavy (non-hydrogen) atoms. The molecule has 0 radical (unpaired) electrons. The largest absolute Gasteiger partial charge is 0.508 e. The zero-order chi connectivity index (χ0) is 9.97. The van der Waals surface area contributed by atoms with Gasteiger partial charge in [0.2, 0.25) is 0 Å². The Morgan fingerprint density at radius 1 is 1.40 bits per heavy atom. The summed E-state index contributed by atoms with van der Waals surface area (Å²) in [5, 5.41) is 12.7. The molecule has 0 saturated heterocycles. The van der Waals surface area contributed by atoms with Crippen LogP contribution in [0.25, 0.3) is 0 Å². The minimum absolute atomic E-state index is 0. The molecule has 0 spiro atoms. The number of rotatable bonds is 1. The zero-order valence-corrected chi connectivity index (χ0v) is 9.47. The van der Waals surface area contributed by atoms with Gasteiger partial charge in [-0.3, -0.25) is 4.99 Å². The van der Waals surface area contributed by atoms with Crippen molar-refractivity contribution in [1.82, 2.24) is 0 Å². The Balaban J connectivity index is 0.00000112. The number of nitrogens with zero attached hydrogens (tertiary/aromatic N) is 1. The van der Waals surface area contributed by atoms with Crippen molar-refractivity contribution in [2.24, 2.45) is 4.99 Å². The third-order valence-electron chi connectivity index (χ3n) is 2.46. The number of phenols is 1. The van der Waals surface area contributed by atoms with Crippen molar-refractivity contribution < 1.29 is 5.11 Å². The molecule has 0 bridgehead atoms. The fourth-order valence-corrected chi connectivity index (χ4v) is 1.56. The molecule has 4 heteroatoms. The second-order valence-electron chi connectivity index (χ2n) is 3.51. The molecule has 2 rings (SSSR count). The number of aliphatic imine (C=N–C) groups is 1. The fraction of sp³-hybridized carbons (Fsp3) is 0.364. The van der Waals surface area contributed by atoms with Gasteiger partial charge in [0, 0.05) is 24.2 Å². The van der Waals surface area contributed by atoms with Crippen LogP contribution in [-0.4, -0.2) is 17.5 Å². The number of nitrogens with one attached hydrogen (secondary N) is 1. The molecule has 3 nitrogen and oxygen atoms in total. The van der Waals surface area contributed by atoms with Gasteiger partial charge in [-0.15, -0.1) is 12.4 Å². The summed E-state index contributed by atoms with van der Waals surface area (Å²) in [6.45, 7) is 2.81. The first-order valence-corrected chi connectivity index (χ1v) is 4.86. The number of hydrogen-bond donors (Lipinski definition) is 2. The fourth-order valence-electron chi connectivity index (χ4n) is 1.56. The highest BCUT2D eigenvalue weighted by atomic mass is 35.5. The molecule has 82 valence electrons. The number of amidine groups is 1. The Morgan fingerprint density at radius 3 is 2.87 bits per heavy atom. The van der Waals surface area contributed by atoms with Crippen LogP contribution in [0.4, 0.5) is 5.69 Å². The van der Waals surface area contributed by atoms with Gasteiger partial charge >= 0.3 is 0 Å². The van der Waals surface area contributed by atoms with E-state index in [1.807, 2.05) is 19.1 Å². The van der Waals surface area contributed by atoms with Crippen molar-refractivity contribution >= 4 is 23.9 Å². The van der Waals surface area contributed by atoms with Crippen LogP contribution in [0.3, 0.4) is 0 Å². The molecular formula is C11H15ClN2O. The van der Waals surface area contributed by atoms with Crippen LogP contribution in [0, 0.1) is 6.92 Å². The van der Waals surface area contributed by atoms with Gasteiger partial charge in [0.05, 0.1) is 0 Å². The Bertz CT molecular complexity index is 377. The van der Waals surface area contributed by atoms with E-state index >= 15 is 0 Å². The van der Waals surface area contributed by atoms with E-state index in [1.54, 1.807) is 6.07 Å². The summed E-state index contributed by atoms with van der Waals surface area (Å²) >= 11 is 0. The third-order valence-corrected chi connectivity index (χ3v) is 2.46. The van der Waals surface area contributed by atoms with Gasteiger partial charge < -0.3 is 10.4 Å². The Morgan fingerprint density at radius 2 is 2.20 bits per heavy atom. The van der Waals surface area contributed by atoms with E-state index in [9.17, 15) is 5.11 Å². The maximum atomic E-state index is 9.49. The topological polar surface area (TPSA) is 44.6 Å². The number of benzene rings is 1. The summed E-state index contributed by atoms with van der Waals surface area (Å²) in [4.78, 5) is 4.33. The van der Waals surface area contributed by atoms with E-state index in [0.29, 0.717) is 5.75 Å². The summed E-state index contributed by atoms with van der Waals surface area (Å²) in [5.41, 5.74) is 1.83. The van der Waals surface area contributed by atoms with Gasteiger partial charge in [0.15, 0.2) is 0 Å². The number of aromatic hydroxyl groups is 1. The van der Waals surface area contributed by atoms with Crippen LogP contribution >= 0.6 is 12.4 Å². The highest BCUT2D eigenvalue weighted by Crippen LogP contribution is 2.24. The molecule has 0 atom stereocenters. The van der Waals surface area contributed by atoms with Gasteiger partial charge in [-0.05, 0) is 25.5 Å². The van der Waals surface area contributed by atoms with Gasteiger partial charge in [0.25, 0.3) is 0 Å². The van der Waals surface area contributed by atoms with Crippen molar-refractivity contribution in [2.75, 3.05) is 11.9 Å². The van der Waals surface area contributed by atoms with E-state index in [0.717, 1.165) is 36.5 Å². The molecule has 0 fully saturated rings. The summed E-state index contributed by atoms with van der Waals surface area (Å²) < 4.78 is 0. The average Bonchev–Trinajstić information content (AvgIpc) is 2.66. The summed E-state index contributed by atoms with van der Waals surface area (Å²) in [6.07, 6.45) is 2.13. The second kappa shape index (κ2) is 5.03. The van der Waals surface area contributed by atoms with Crippen LogP contribution in [-0.2, 0) is 0 Å². The van der Waals surface area contributed by atoms with Crippen LogP contribution < -0.4 is 5.32 Å². The zero-order valence-electron chi connectivity index (χ0n) is 8.66. The lowest BCUT2D eigenvalue weighted by molar-refractivity contribution is 0.471. The van der Waals surface area contributed by atoms with E-state index in [1.165, 1.54) is 0 Å². The van der Waals surface area contributed by atoms with Gasteiger partial charge in [-0.25, -0.2) is 0 Å². The number of phenolic OH excluding ortho intramolecular Hbond substituents is 1. The van der Waals surface area contributed by atoms with Gasteiger partial charge in [-0.2, -0.15) is 0 Å². The monoisotopic (exact) mass is 226 g/mol. The first-order valence-electron chi connectivity index (χ1n) is 4.86. The van der Waals surface area contributed by atoms with Crippen LogP contribution in [0.2, 0.25) is 0 Å². The number of halogens is 1. The molecule has 1 aromatic rings. The standard InChI is InChI=1S/C11H14N2O.ClH/c1-8-9(4-2-5-10(8)14)13-11-6-3-7-12-11;/h2,4-5,14H,3,6-7H2,1H3,(H,12,13);1H. The Labute approximate surface area is 95.6 Å². The molecule has 0 saturated carbocycles. The molecule has 0 unspecified atom stereocenters. The van der Waals surface area contributed by atoms with E-state index < -0.39 is 0 Å². The van der Waals surface area contributed by atoms with Gasteiger partial charge in [0.1, 0.15) is 11.6 Å². The first kappa shape index (κ1) is 11.9. The number of anilines is 1. The minimum atomic E-state index is 0. The van der Waals surface area contributed by atoms with Crippen molar-refractivity contribution in [3.63, 3.8) is 0 Å². The number of hydrogen-bond acceptors (Lipinski definition) is 3. The molecule has 1 heterocycles. The van der Waals surface area contributed by atoms with E-state index in [-0.39, 0.29) is 12.4 Å². The lowest BCUT2D eigenvalue weighted by atomic mass is 10.2. The van der Waals surface area contributed by atoms with Crippen LogP contribution in [0.1, 0.15) is 18.4 Å². The lowest BCUT2D eigenvalue weighted by Crippen LogP contribution is -2.09. The predicted molar refractivity (Wildman–Crippen MR) is 65.3 cm³/mol. The highest BCUT2D eigenvalue weighted by Gasteiger charge is 2.08. The third kappa shape index (κ3) is 2.63. The quantitative estimate of drug-likeness (QED) is 0.774.